The highest BCUT2D eigenvalue weighted by molar-refractivity contribution is 5.69. The van der Waals surface area contributed by atoms with Crippen molar-refractivity contribution in [3.63, 3.8) is 0 Å². The van der Waals surface area contributed by atoms with Crippen LogP contribution >= 0.6 is 0 Å². The van der Waals surface area contributed by atoms with E-state index in [1.165, 1.54) is 31.5 Å². The zero-order valence-electron chi connectivity index (χ0n) is 20.9. The fourth-order valence-electron chi connectivity index (χ4n) is 4.49. The minimum Gasteiger partial charge on any atom is -0.492 e. The SMILES string of the molecule is [CH+]=CCc1ccc(-c2ccc(C#Cc3ccc(OCCN4CCCC4)c(-c4ccccn4)c3)nc2)cc1. The van der Waals surface area contributed by atoms with Crippen molar-refractivity contribution in [2.24, 2.45) is 0 Å². The molecule has 0 N–H and O–H groups in total. The van der Waals surface area contributed by atoms with Crippen molar-refractivity contribution in [3.05, 3.63) is 115 Å². The second-order valence-corrected chi connectivity index (χ2v) is 9.14. The average molecular weight is 485 g/mol. The van der Waals surface area contributed by atoms with E-state index < -0.39 is 0 Å². The van der Waals surface area contributed by atoms with E-state index in [-0.39, 0.29) is 0 Å². The molecule has 182 valence electrons. The number of aromatic nitrogens is 2. The molecule has 0 radical (unpaired) electrons. The lowest BCUT2D eigenvalue weighted by atomic mass is 10.0. The van der Waals surface area contributed by atoms with Gasteiger partial charge < -0.3 is 4.74 Å². The molecule has 4 heteroatoms. The van der Waals surface area contributed by atoms with Gasteiger partial charge in [-0.25, -0.2) is 4.98 Å². The van der Waals surface area contributed by atoms with Crippen LogP contribution in [0.3, 0.4) is 0 Å². The lowest BCUT2D eigenvalue weighted by Crippen LogP contribution is -2.25. The summed E-state index contributed by atoms with van der Waals surface area (Å²) in [6, 6.07) is 24.3. The zero-order chi connectivity index (χ0) is 25.3. The fourth-order valence-corrected chi connectivity index (χ4v) is 4.49. The first-order valence-corrected chi connectivity index (χ1v) is 12.8. The Balaban J connectivity index is 1.31. The highest BCUT2D eigenvalue weighted by Gasteiger charge is 2.13. The van der Waals surface area contributed by atoms with E-state index in [2.05, 4.69) is 63.1 Å². The molecule has 0 saturated carbocycles. The third kappa shape index (κ3) is 6.48. The molecule has 0 spiro atoms. The lowest BCUT2D eigenvalue weighted by molar-refractivity contribution is 0.238. The Morgan fingerprint density at radius 3 is 2.46 bits per heavy atom. The van der Waals surface area contributed by atoms with Gasteiger partial charge in [0.1, 0.15) is 18.1 Å². The first kappa shape index (κ1) is 24.4. The molecule has 3 heterocycles. The zero-order valence-corrected chi connectivity index (χ0v) is 20.9. The number of ether oxygens (including phenoxy) is 1. The van der Waals surface area contributed by atoms with Gasteiger partial charge in [0, 0.05) is 42.0 Å². The molecule has 1 aliphatic heterocycles. The first-order chi connectivity index (χ1) is 18.3. The van der Waals surface area contributed by atoms with Crippen LogP contribution in [-0.4, -0.2) is 41.1 Å². The Morgan fingerprint density at radius 1 is 0.892 bits per heavy atom. The van der Waals surface area contributed by atoms with E-state index >= 15 is 0 Å². The van der Waals surface area contributed by atoms with Crippen LogP contribution in [0.25, 0.3) is 22.4 Å². The van der Waals surface area contributed by atoms with Crippen LogP contribution in [0.2, 0.25) is 0 Å². The molecular formula is C33H30N3O+. The summed E-state index contributed by atoms with van der Waals surface area (Å²) < 4.78 is 6.20. The number of hydrogen-bond donors (Lipinski definition) is 0. The Labute approximate surface area is 219 Å². The monoisotopic (exact) mass is 484 g/mol. The van der Waals surface area contributed by atoms with E-state index in [0.29, 0.717) is 6.61 Å². The molecule has 1 fully saturated rings. The number of rotatable bonds is 8. The number of hydrogen-bond acceptors (Lipinski definition) is 4. The number of pyridine rings is 2. The van der Waals surface area contributed by atoms with E-state index in [0.717, 1.165) is 52.4 Å². The highest BCUT2D eigenvalue weighted by Crippen LogP contribution is 2.30. The molecule has 4 nitrogen and oxygen atoms in total. The van der Waals surface area contributed by atoms with Crippen LogP contribution in [-0.2, 0) is 6.42 Å². The van der Waals surface area contributed by atoms with E-state index in [4.69, 9.17) is 11.3 Å². The summed E-state index contributed by atoms with van der Waals surface area (Å²) in [6.45, 7) is 9.46. The van der Waals surface area contributed by atoms with E-state index in [1.54, 1.807) is 12.3 Å². The maximum atomic E-state index is 6.20. The minimum absolute atomic E-state index is 0.662. The molecular weight excluding hydrogens is 454 g/mol. The molecule has 0 amide bonds. The van der Waals surface area contributed by atoms with Gasteiger partial charge >= 0.3 is 0 Å². The van der Waals surface area contributed by atoms with Crippen molar-refractivity contribution in [3.8, 4) is 40.0 Å². The first-order valence-electron chi connectivity index (χ1n) is 12.8. The van der Waals surface area contributed by atoms with Crippen LogP contribution in [0, 0.1) is 18.4 Å². The molecule has 1 saturated heterocycles. The largest absolute Gasteiger partial charge is 0.492 e. The van der Waals surface area contributed by atoms with Crippen LogP contribution in [0.5, 0.6) is 5.75 Å². The molecule has 2 aromatic heterocycles. The van der Waals surface area contributed by atoms with Gasteiger partial charge in [-0.05, 0) is 79.4 Å². The number of allylic oxidation sites excluding steroid dienone is 1. The van der Waals surface area contributed by atoms with E-state index in [1.807, 2.05) is 42.6 Å². The predicted octanol–water partition coefficient (Wildman–Crippen LogP) is 6.22. The van der Waals surface area contributed by atoms with Crippen molar-refractivity contribution in [1.29, 1.82) is 0 Å². The molecule has 37 heavy (non-hydrogen) atoms. The van der Waals surface area contributed by atoms with Gasteiger partial charge in [0.25, 0.3) is 0 Å². The Bertz CT molecular complexity index is 1380. The molecule has 0 unspecified atom stereocenters. The third-order valence-corrected chi connectivity index (χ3v) is 6.52. The van der Waals surface area contributed by atoms with Gasteiger partial charge in [-0.15, -0.1) is 0 Å². The van der Waals surface area contributed by atoms with Gasteiger partial charge in [0.2, 0.25) is 6.58 Å². The molecule has 4 aromatic rings. The number of benzene rings is 2. The smallest absolute Gasteiger partial charge is 0.202 e. The molecule has 0 aliphatic carbocycles. The second-order valence-electron chi connectivity index (χ2n) is 9.14. The average Bonchev–Trinajstić information content (AvgIpc) is 3.47. The van der Waals surface area contributed by atoms with Crippen molar-refractivity contribution in [2.45, 2.75) is 19.3 Å². The summed E-state index contributed by atoms with van der Waals surface area (Å²) in [4.78, 5) is 11.6. The maximum Gasteiger partial charge on any atom is 0.202 e. The Hall–Kier alpha value is -4.29. The molecule has 0 bridgehead atoms. The highest BCUT2D eigenvalue weighted by atomic mass is 16.5. The Morgan fingerprint density at radius 2 is 1.73 bits per heavy atom. The van der Waals surface area contributed by atoms with Crippen molar-refractivity contribution in [1.82, 2.24) is 14.9 Å². The van der Waals surface area contributed by atoms with Gasteiger partial charge in [-0.1, -0.05) is 42.3 Å². The second kappa shape index (κ2) is 12.1. The normalized spacial score (nSPS) is 13.1. The van der Waals surface area contributed by atoms with Crippen LogP contribution in [0.15, 0.2) is 91.3 Å². The minimum atomic E-state index is 0.662. The summed E-state index contributed by atoms with van der Waals surface area (Å²) in [6.07, 6.45) is 8.67. The lowest BCUT2D eigenvalue weighted by Gasteiger charge is -2.16. The number of likely N-dealkylation sites (tertiary alicyclic amines) is 1. The molecule has 0 atom stereocenters. The van der Waals surface area contributed by atoms with Crippen molar-refractivity contribution in [2.75, 3.05) is 26.2 Å². The Kier molecular flexibility index (Phi) is 7.98. The summed E-state index contributed by atoms with van der Waals surface area (Å²) in [7, 11) is 0. The fraction of sp³-hybridized carbons (Fsp3) is 0.212. The molecule has 1 aliphatic rings. The summed E-state index contributed by atoms with van der Waals surface area (Å²) in [5.74, 6) is 7.29. The van der Waals surface area contributed by atoms with Gasteiger partial charge in [0.15, 0.2) is 6.08 Å². The van der Waals surface area contributed by atoms with Gasteiger partial charge in [0.05, 0.1) is 5.69 Å². The maximum absolute atomic E-state index is 6.20. The quantitative estimate of drug-likeness (QED) is 0.220. The standard InChI is InChI=1S/C33H30N3O/c1-2-7-26-9-13-28(14-10-26)29-15-17-30(35-25-29)16-11-27-12-18-33(37-23-22-36-20-5-6-21-36)31(24-27)32-8-3-4-19-34-32/h1-4,8-10,12-15,17-19,24-25H,5-7,20-23H2/q+1. The summed E-state index contributed by atoms with van der Waals surface area (Å²) in [5, 5.41) is 0. The van der Waals surface area contributed by atoms with Gasteiger partial charge in [-0.2, -0.15) is 0 Å². The van der Waals surface area contributed by atoms with Crippen molar-refractivity contribution >= 4 is 0 Å². The summed E-state index contributed by atoms with van der Waals surface area (Å²) in [5.41, 5.74) is 6.81. The van der Waals surface area contributed by atoms with Crippen molar-refractivity contribution < 1.29 is 4.74 Å². The molecule has 5 rings (SSSR count). The summed E-state index contributed by atoms with van der Waals surface area (Å²) >= 11 is 0. The van der Waals surface area contributed by atoms with Crippen LogP contribution in [0.4, 0.5) is 0 Å². The number of nitrogens with zero attached hydrogens (tertiary/aromatic N) is 3. The predicted molar refractivity (Wildman–Crippen MR) is 149 cm³/mol. The van der Waals surface area contributed by atoms with Crippen LogP contribution < -0.4 is 4.74 Å². The topological polar surface area (TPSA) is 38.2 Å². The van der Waals surface area contributed by atoms with E-state index in [9.17, 15) is 0 Å². The van der Waals surface area contributed by atoms with Crippen LogP contribution in [0.1, 0.15) is 29.7 Å². The third-order valence-electron chi connectivity index (χ3n) is 6.52. The molecule has 2 aromatic carbocycles. The van der Waals surface area contributed by atoms with Gasteiger partial charge in [-0.3, -0.25) is 9.88 Å².